The Balaban J connectivity index is 2.37. The molecule has 0 atom stereocenters. The van der Waals surface area contributed by atoms with Crippen LogP contribution in [0.1, 0.15) is 25.0 Å². The van der Waals surface area contributed by atoms with Crippen LogP contribution < -0.4 is 0 Å². The van der Waals surface area contributed by atoms with Crippen molar-refractivity contribution in [3.63, 3.8) is 0 Å². The Hall–Kier alpha value is -2.63. The predicted octanol–water partition coefficient (Wildman–Crippen LogP) is 4.63. The van der Waals surface area contributed by atoms with E-state index in [0.717, 1.165) is 11.1 Å². The van der Waals surface area contributed by atoms with Gasteiger partial charge in [0.1, 0.15) is 10.6 Å². The number of phenols is 1. The summed E-state index contributed by atoms with van der Waals surface area (Å²) in [6.45, 7) is 3.83. The van der Waals surface area contributed by atoms with Crippen molar-refractivity contribution in [1.29, 1.82) is 0 Å². The van der Waals surface area contributed by atoms with Gasteiger partial charge >= 0.3 is 0 Å². The van der Waals surface area contributed by atoms with Gasteiger partial charge in [-0.15, -0.1) is 0 Å². The molecule has 3 aromatic carbocycles. The molecule has 0 unspecified atom stereocenters. The van der Waals surface area contributed by atoms with E-state index in [0.29, 0.717) is 11.1 Å². The summed E-state index contributed by atoms with van der Waals surface area (Å²) in [5.74, 6) is -0.428. The summed E-state index contributed by atoms with van der Waals surface area (Å²) in [5, 5.41) is 10.8. The second-order valence-electron chi connectivity index (χ2n) is 6.67. The first-order valence-electron chi connectivity index (χ1n) is 8.18. The predicted molar refractivity (Wildman–Crippen MR) is 102 cm³/mol. The summed E-state index contributed by atoms with van der Waals surface area (Å²) in [6, 6.07) is 21.8. The second kappa shape index (κ2) is 6.59. The normalized spacial score (nSPS) is 12.1. The minimum absolute atomic E-state index is 0.428. The van der Waals surface area contributed by atoms with Crippen LogP contribution in [0.25, 0.3) is 11.1 Å². The van der Waals surface area contributed by atoms with E-state index in [9.17, 15) is 18.1 Å². The monoisotopic (exact) mass is 368 g/mol. The molecule has 0 saturated carbocycles. The lowest BCUT2D eigenvalue weighted by atomic mass is 9.74. The van der Waals surface area contributed by atoms with Crippen molar-refractivity contribution in [3.05, 3.63) is 83.9 Å². The zero-order valence-corrected chi connectivity index (χ0v) is 15.4. The smallest absolute Gasteiger partial charge is 0.298 e. The average Bonchev–Trinajstić information content (AvgIpc) is 2.61. The third-order valence-corrected chi connectivity index (χ3v) is 5.51. The van der Waals surface area contributed by atoms with Crippen molar-refractivity contribution in [1.82, 2.24) is 0 Å². The van der Waals surface area contributed by atoms with Gasteiger partial charge in [0.15, 0.2) is 0 Å². The zero-order valence-electron chi connectivity index (χ0n) is 14.5. The van der Waals surface area contributed by atoms with Crippen LogP contribution in [0.4, 0.5) is 0 Å². The Morgan fingerprint density at radius 2 is 1.35 bits per heavy atom. The lowest BCUT2D eigenvalue weighted by molar-refractivity contribution is 0.428. The van der Waals surface area contributed by atoms with Crippen molar-refractivity contribution in [2.75, 3.05) is 0 Å². The molecule has 0 heterocycles. The Kier molecular flexibility index (Phi) is 4.61. The topological polar surface area (TPSA) is 74.6 Å². The van der Waals surface area contributed by atoms with Crippen LogP contribution in [-0.4, -0.2) is 18.1 Å². The molecule has 0 aliphatic rings. The molecule has 4 nitrogen and oxygen atoms in total. The highest BCUT2D eigenvalue weighted by Gasteiger charge is 2.32. The van der Waals surface area contributed by atoms with Crippen molar-refractivity contribution >= 4 is 10.1 Å². The summed E-state index contributed by atoms with van der Waals surface area (Å²) >= 11 is 0. The van der Waals surface area contributed by atoms with E-state index >= 15 is 0 Å². The molecule has 5 heteroatoms. The molecule has 0 aliphatic carbocycles. The van der Waals surface area contributed by atoms with Gasteiger partial charge < -0.3 is 5.11 Å². The van der Waals surface area contributed by atoms with Crippen LogP contribution >= 0.6 is 0 Å². The average molecular weight is 368 g/mol. The molecule has 2 N–H and O–H groups in total. The van der Waals surface area contributed by atoms with Crippen LogP contribution in [0.5, 0.6) is 5.75 Å². The largest absolute Gasteiger partial charge is 0.506 e. The minimum Gasteiger partial charge on any atom is -0.506 e. The van der Waals surface area contributed by atoms with E-state index in [1.54, 1.807) is 6.07 Å². The summed E-state index contributed by atoms with van der Waals surface area (Å²) < 4.78 is 32.9. The van der Waals surface area contributed by atoms with Crippen LogP contribution in [0.3, 0.4) is 0 Å². The molecule has 26 heavy (non-hydrogen) atoms. The molecule has 0 fully saturated rings. The number of phenolic OH excluding ortho intramolecular Hbond substituents is 1. The molecule has 0 saturated heterocycles. The van der Waals surface area contributed by atoms with E-state index in [1.807, 2.05) is 74.5 Å². The molecule has 0 aliphatic heterocycles. The van der Waals surface area contributed by atoms with E-state index < -0.39 is 26.2 Å². The lowest BCUT2D eigenvalue weighted by Crippen LogP contribution is -2.21. The highest BCUT2D eigenvalue weighted by atomic mass is 32.2. The van der Waals surface area contributed by atoms with E-state index in [-0.39, 0.29) is 0 Å². The number of hydrogen-bond acceptors (Lipinski definition) is 3. The first-order chi connectivity index (χ1) is 12.2. The van der Waals surface area contributed by atoms with Gasteiger partial charge in [0.25, 0.3) is 10.1 Å². The van der Waals surface area contributed by atoms with Gasteiger partial charge in [-0.3, -0.25) is 4.55 Å². The van der Waals surface area contributed by atoms with Crippen LogP contribution in [-0.2, 0) is 15.5 Å². The molecular formula is C21H20O4S. The van der Waals surface area contributed by atoms with Gasteiger partial charge in [-0.2, -0.15) is 8.42 Å². The standard InChI is InChI=1S/C21H20O4S/c1-21(2,16-11-7-4-8-12-16)19-17(15-9-5-3-6-10-15)13-14-18(20(19)22)26(23,24)25/h3-14,22H,1-2H3,(H,23,24,25). The summed E-state index contributed by atoms with van der Waals surface area (Å²) in [5.41, 5.74) is 2.23. The van der Waals surface area contributed by atoms with E-state index in [1.165, 1.54) is 6.07 Å². The maximum Gasteiger partial charge on any atom is 0.298 e. The van der Waals surface area contributed by atoms with Gasteiger partial charge in [0.05, 0.1) is 0 Å². The molecule has 0 amide bonds. The first kappa shape index (κ1) is 18.2. The Morgan fingerprint density at radius 1 is 0.808 bits per heavy atom. The molecule has 0 bridgehead atoms. The second-order valence-corrected chi connectivity index (χ2v) is 8.06. The molecule has 134 valence electrons. The molecule has 3 rings (SSSR count). The van der Waals surface area contributed by atoms with Gasteiger partial charge in [-0.1, -0.05) is 80.6 Å². The third kappa shape index (κ3) is 3.23. The van der Waals surface area contributed by atoms with Crippen LogP contribution in [0, 0.1) is 0 Å². The summed E-state index contributed by atoms with van der Waals surface area (Å²) in [6.07, 6.45) is 0. The molecule has 0 radical (unpaired) electrons. The Morgan fingerprint density at radius 3 is 1.88 bits per heavy atom. The van der Waals surface area contributed by atoms with Gasteiger partial charge in [-0.05, 0) is 22.8 Å². The molecule has 3 aromatic rings. The van der Waals surface area contributed by atoms with Crippen molar-refractivity contribution < 1.29 is 18.1 Å². The number of benzene rings is 3. The summed E-state index contributed by atoms with van der Waals surface area (Å²) in [4.78, 5) is -0.490. The molecule has 0 spiro atoms. The van der Waals surface area contributed by atoms with E-state index in [2.05, 4.69) is 0 Å². The Labute approximate surface area is 153 Å². The number of rotatable bonds is 4. The fourth-order valence-corrected chi connectivity index (χ4v) is 3.86. The quantitative estimate of drug-likeness (QED) is 0.658. The molecular weight excluding hydrogens is 348 g/mol. The third-order valence-electron chi connectivity index (χ3n) is 4.62. The fraction of sp³-hybridized carbons (Fsp3) is 0.143. The van der Waals surface area contributed by atoms with Gasteiger partial charge in [0.2, 0.25) is 0 Å². The van der Waals surface area contributed by atoms with Crippen molar-refractivity contribution in [2.45, 2.75) is 24.2 Å². The maximum absolute atomic E-state index is 11.7. The Bertz CT molecular complexity index is 1020. The molecule has 0 aromatic heterocycles. The maximum atomic E-state index is 11.7. The van der Waals surface area contributed by atoms with Crippen molar-refractivity contribution in [3.8, 4) is 16.9 Å². The van der Waals surface area contributed by atoms with Crippen molar-refractivity contribution in [2.24, 2.45) is 0 Å². The number of aromatic hydroxyl groups is 1. The SMILES string of the molecule is CC(C)(c1ccccc1)c1c(-c2ccccc2)ccc(S(=O)(=O)O)c1O. The minimum atomic E-state index is -4.55. The summed E-state index contributed by atoms with van der Waals surface area (Å²) in [7, 11) is -4.55. The van der Waals surface area contributed by atoms with Crippen LogP contribution in [0.15, 0.2) is 77.7 Å². The van der Waals surface area contributed by atoms with Gasteiger partial charge in [0, 0.05) is 11.0 Å². The van der Waals surface area contributed by atoms with E-state index in [4.69, 9.17) is 0 Å². The first-order valence-corrected chi connectivity index (χ1v) is 9.62. The highest BCUT2D eigenvalue weighted by molar-refractivity contribution is 7.86. The highest BCUT2D eigenvalue weighted by Crippen LogP contribution is 2.45. The number of hydrogen-bond donors (Lipinski definition) is 2. The zero-order chi connectivity index (χ0) is 18.9. The van der Waals surface area contributed by atoms with Crippen LogP contribution in [0.2, 0.25) is 0 Å². The fourth-order valence-electron chi connectivity index (χ4n) is 3.27. The lowest BCUT2D eigenvalue weighted by Gasteiger charge is -2.30. The van der Waals surface area contributed by atoms with Gasteiger partial charge in [-0.25, -0.2) is 0 Å².